The number of carbonyl (C=O) groups is 4. The van der Waals surface area contributed by atoms with Crippen LogP contribution in [-0.4, -0.2) is 96.7 Å². The second kappa shape index (κ2) is 74.5. The second-order valence-corrected chi connectivity index (χ2v) is 33.3. The van der Waals surface area contributed by atoms with Crippen LogP contribution in [0.15, 0.2) is 0 Å². The average molecular weight is 1490 g/mol. The monoisotopic (exact) mass is 1490 g/mol. The van der Waals surface area contributed by atoms with Gasteiger partial charge in [0.2, 0.25) is 0 Å². The highest BCUT2D eigenvalue weighted by atomic mass is 31.2. The summed E-state index contributed by atoms with van der Waals surface area (Å²) in [6.45, 7) is 9.69. The minimum absolute atomic E-state index is 0.106. The number of ether oxygens (including phenoxy) is 4. The van der Waals surface area contributed by atoms with Crippen LogP contribution in [-0.2, 0) is 65.4 Å². The summed E-state index contributed by atoms with van der Waals surface area (Å²) >= 11 is 0. The topological polar surface area (TPSA) is 237 Å². The molecule has 0 spiro atoms. The molecule has 0 saturated heterocycles. The summed E-state index contributed by atoms with van der Waals surface area (Å²) in [4.78, 5) is 72.9. The Balaban J connectivity index is 5.17. The van der Waals surface area contributed by atoms with Crippen molar-refractivity contribution in [3.63, 3.8) is 0 Å². The first-order valence-corrected chi connectivity index (χ1v) is 46.1. The zero-order valence-corrected chi connectivity index (χ0v) is 68.7. The molecule has 0 radical (unpaired) electrons. The fourth-order valence-electron chi connectivity index (χ4n) is 12.8. The van der Waals surface area contributed by atoms with E-state index in [0.29, 0.717) is 25.7 Å². The summed E-state index contributed by atoms with van der Waals surface area (Å²) in [5.41, 5.74) is 0. The molecule has 0 amide bonds. The number of hydrogen-bond donors (Lipinski definition) is 3. The van der Waals surface area contributed by atoms with Crippen LogP contribution in [0.4, 0.5) is 0 Å². The van der Waals surface area contributed by atoms with Crippen molar-refractivity contribution in [3.8, 4) is 0 Å². The zero-order chi connectivity index (χ0) is 74.9. The van der Waals surface area contributed by atoms with Gasteiger partial charge in [0.1, 0.15) is 19.3 Å². The number of carbonyl (C=O) groups excluding carboxylic acids is 4. The molecule has 4 unspecified atom stereocenters. The third kappa shape index (κ3) is 73.6. The van der Waals surface area contributed by atoms with Gasteiger partial charge in [-0.1, -0.05) is 388 Å². The Morgan fingerprint density at radius 3 is 0.696 bits per heavy atom. The van der Waals surface area contributed by atoms with Crippen LogP contribution in [0.2, 0.25) is 0 Å². The SMILES string of the molecule is CCCCCCCCCCCCCCCCCCCCCC(=O)OC[C@H](COP(=O)(O)OC[C@@H](O)COP(=O)(O)OC[C@@H](COC(=O)CCCCCCCCC)OC(=O)CCCCCCCCCCCCC(C)CC)OC(=O)CCCCCCCCCCCCCCCCCCCCC(C)CC. The fraction of sp³-hybridized carbons (Fsp3) is 0.952. The molecule has 0 fully saturated rings. The minimum atomic E-state index is -4.96. The van der Waals surface area contributed by atoms with E-state index in [4.69, 9.17) is 37.0 Å². The van der Waals surface area contributed by atoms with E-state index in [1.165, 1.54) is 244 Å². The summed E-state index contributed by atoms with van der Waals surface area (Å²) in [5.74, 6) is -0.437. The molecule has 606 valence electrons. The van der Waals surface area contributed by atoms with Crippen molar-refractivity contribution in [1.82, 2.24) is 0 Å². The van der Waals surface area contributed by atoms with E-state index in [0.717, 1.165) is 115 Å². The summed E-state index contributed by atoms with van der Waals surface area (Å²) in [6.07, 6.45) is 65.4. The van der Waals surface area contributed by atoms with Crippen molar-refractivity contribution in [2.45, 2.75) is 458 Å². The smallest absolute Gasteiger partial charge is 0.462 e. The Morgan fingerprint density at radius 2 is 0.471 bits per heavy atom. The van der Waals surface area contributed by atoms with Crippen LogP contribution >= 0.6 is 15.6 Å². The molecule has 0 aromatic rings. The number of phosphoric ester groups is 2. The van der Waals surface area contributed by atoms with E-state index < -0.39 is 97.5 Å². The van der Waals surface area contributed by atoms with Crippen LogP contribution in [0, 0.1) is 11.8 Å². The molecule has 17 nitrogen and oxygen atoms in total. The van der Waals surface area contributed by atoms with Crippen molar-refractivity contribution in [3.05, 3.63) is 0 Å². The maximum atomic E-state index is 13.1. The van der Waals surface area contributed by atoms with Gasteiger partial charge in [0.05, 0.1) is 26.4 Å². The molecule has 3 N–H and O–H groups in total. The van der Waals surface area contributed by atoms with E-state index in [-0.39, 0.29) is 25.7 Å². The Hall–Kier alpha value is -1.94. The van der Waals surface area contributed by atoms with Crippen LogP contribution in [0.25, 0.3) is 0 Å². The number of phosphoric acid groups is 2. The molecular weight excluding hydrogens is 1330 g/mol. The van der Waals surface area contributed by atoms with E-state index in [1.807, 2.05) is 0 Å². The van der Waals surface area contributed by atoms with E-state index in [1.54, 1.807) is 0 Å². The maximum absolute atomic E-state index is 13.1. The molecule has 0 aromatic heterocycles. The minimum Gasteiger partial charge on any atom is -0.462 e. The molecule has 0 aromatic carbocycles. The number of aliphatic hydroxyl groups is 1. The number of unbranched alkanes of at least 4 members (excludes halogenated alkanes) is 50. The summed E-state index contributed by atoms with van der Waals surface area (Å²) < 4.78 is 68.7. The predicted octanol–water partition coefficient (Wildman–Crippen LogP) is 25.1. The lowest BCUT2D eigenvalue weighted by molar-refractivity contribution is -0.161. The van der Waals surface area contributed by atoms with Gasteiger partial charge in [-0.15, -0.1) is 0 Å². The van der Waals surface area contributed by atoms with Gasteiger partial charge in [-0.2, -0.15) is 0 Å². The summed E-state index contributed by atoms with van der Waals surface area (Å²) in [7, 11) is -9.92. The molecule has 0 bridgehead atoms. The molecule has 19 heteroatoms. The lowest BCUT2D eigenvalue weighted by Gasteiger charge is -2.21. The fourth-order valence-corrected chi connectivity index (χ4v) is 14.4. The zero-order valence-electron chi connectivity index (χ0n) is 66.9. The Kier molecular flexibility index (Phi) is 73.1. The maximum Gasteiger partial charge on any atom is 0.472 e. The Morgan fingerprint density at radius 1 is 0.275 bits per heavy atom. The number of aliphatic hydroxyl groups excluding tert-OH is 1. The second-order valence-electron chi connectivity index (χ2n) is 30.4. The third-order valence-electron chi connectivity index (χ3n) is 20.2. The van der Waals surface area contributed by atoms with Crippen molar-refractivity contribution in [2.75, 3.05) is 39.6 Å². The molecule has 0 saturated carbocycles. The van der Waals surface area contributed by atoms with Gasteiger partial charge in [0.15, 0.2) is 12.2 Å². The van der Waals surface area contributed by atoms with Crippen molar-refractivity contribution < 1.29 is 80.2 Å². The van der Waals surface area contributed by atoms with Gasteiger partial charge in [-0.25, -0.2) is 9.13 Å². The van der Waals surface area contributed by atoms with Crippen molar-refractivity contribution in [1.29, 1.82) is 0 Å². The lowest BCUT2D eigenvalue weighted by atomic mass is 9.99. The average Bonchev–Trinajstić information content (AvgIpc) is 0.918. The molecule has 0 aliphatic carbocycles. The predicted molar refractivity (Wildman–Crippen MR) is 418 cm³/mol. The van der Waals surface area contributed by atoms with Gasteiger partial charge in [-0.3, -0.25) is 37.3 Å². The number of rotatable bonds is 82. The van der Waals surface area contributed by atoms with Gasteiger partial charge in [-0.05, 0) is 37.5 Å². The van der Waals surface area contributed by atoms with Crippen LogP contribution in [0.5, 0.6) is 0 Å². The molecular formula is C83H162O17P2. The highest BCUT2D eigenvalue weighted by Crippen LogP contribution is 2.45. The number of hydrogen-bond acceptors (Lipinski definition) is 15. The Bertz CT molecular complexity index is 1960. The Labute approximate surface area is 626 Å². The molecule has 7 atom stereocenters. The molecule has 0 rings (SSSR count). The lowest BCUT2D eigenvalue weighted by Crippen LogP contribution is -2.30. The third-order valence-corrected chi connectivity index (χ3v) is 22.1. The summed E-state index contributed by atoms with van der Waals surface area (Å²) in [5, 5.41) is 10.6. The first kappa shape index (κ1) is 100. The number of esters is 4. The van der Waals surface area contributed by atoms with Gasteiger partial charge >= 0.3 is 39.5 Å². The molecule has 0 heterocycles. The van der Waals surface area contributed by atoms with Crippen molar-refractivity contribution in [2.24, 2.45) is 11.8 Å². The molecule has 102 heavy (non-hydrogen) atoms. The van der Waals surface area contributed by atoms with Crippen LogP contribution in [0.1, 0.15) is 440 Å². The van der Waals surface area contributed by atoms with E-state index >= 15 is 0 Å². The first-order valence-electron chi connectivity index (χ1n) is 43.1. The largest absolute Gasteiger partial charge is 0.472 e. The standard InChI is InChI=1S/C83H162O17P2/c1-7-11-13-15-17-18-19-20-21-22-23-27-30-33-36-42-48-54-60-66-81(86)94-72-79(100-82(87)67-61-55-49-43-37-34-31-28-25-24-26-29-32-35-40-46-51-57-63-75(5)9-3)74-98-102(91,92)96-70-77(84)69-95-101(89,90)97-73-78(71-93-80(85)65-59-53-45-16-14-12-8-2)99-83(88)68-62-56-50-44-39-38-41-47-52-58-64-76(6)10-4/h75-79,84H,7-74H2,1-6H3,(H,89,90)(H,91,92)/t75?,76?,77-,78+,79+/m0/s1. The van der Waals surface area contributed by atoms with E-state index in [2.05, 4.69) is 41.5 Å². The van der Waals surface area contributed by atoms with E-state index in [9.17, 15) is 43.2 Å². The van der Waals surface area contributed by atoms with Gasteiger partial charge in [0.25, 0.3) is 0 Å². The quantitative estimate of drug-likeness (QED) is 0.0222. The highest BCUT2D eigenvalue weighted by Gasteiger charge is 2.30. The molecule has 0 aliphatic heterocycles. The van der Waals surface area contributed by atoms with Gasteiger partial charge in [0, 0.05) is 25.7 Å². The first-order chi connectivity index (χ1) is 49.4. The highest BCUT2D eigenvalue weighted by molar-refractivity contribution is 7.47. The van der Waals surface area contributed by atoms with Crippen molar-refractivity contribution >= 4 is 39.5 Å². The normalized spacial score (nSPS) is 14.4. The van der Waals surface area contributed by atoms with Crippen LogP contribution < -0.4 is 0 Å². The molecule has 0 aliphatic rings. The van der Waals surface area contributed by atoms with Gasteiger partial charge < -0.3 is 33.8 Å². The van der Waals surface area contributed by atoms with Crippen LogP contribution in [0.3, 0.4) is 0 Å². The summed E-state index contributed by atoms with van der Waals surface area (Å²) in [6, 6.07) is 0.